The van der Waals surface area contributed by atoms with Crippen LogP contribution in [0, 0.1) is 0 Å². The summed E-state index contributed by atoms with van der Waals surface area (Å²) in [6, 6.07) is 3.05. The molecule has 9 heteroatoms. The molecule has 0 fully saturated rings. The number of rotatable bonds is 2. The minimum absolute atomic E-state index is 0.152. The Hall–Kier alpha value is -1.99. The quantitative estimate of drug-likeness (QED) is 0.761. The molecule has 3 rings (SSSR count). The number of aromatic amines is 1. The van der Waals surface area contributed by atoms with Gasteiger partial charge >= 0.3 is 5.76 Å². The third-order valence-electron chi connectivity index (χ3n) is 2.95. The molecule has 0 aliphatic carbocycles. The maximum absolute atomic E-state index is 13.3. The van der Waals surface area contributed by atoms with Crippen molar-refractivity contribution in [2.45, 2.75) is 12.8 Å². The molecule has 0 aliphatic rings. The predicted molar refractivity (Wildman–Crippen MR) is 77.4 cm³/mol. The van der Waals surface area contributed by atoms with Gasteiger partial charge in [-0.3, -0.25) is 4.98 Å². The Labute approximate surface area is 131 Å². The van der Waals surface area contributed by atoms with Gasteiger partial charge in [0.25, 0.3) is 5.92 Å². The van der Waals surface area contributed by atoms with E-state index in [0.717, 1.165) is 6.20 Å². The Balaban J connectivity index is 2.23. The second-order valence-electron chi connectivity index (χ2n) is 4.60. The van der Waals surface area contributed by atoms with E-state index in [1.54, 1.807) is 0 Å². The van der Waals surface area contributed by atoms with Gasteiger partial charge < -0.3 is 4.42 Å². The maximum atomic E-state index is 13.3. The van der Waals surface area contributed by atoms with E-state index < -0.39 is 22.5 Å². The van der Waals surface area contributed by atoms with E-state index in [0.29, 0.717) is 12.5 Å². The summed E-state index contributed by atoms with van der Waals surface area (Å²) in [5.74, 6) is -3.90. The molecule has 0 atom stereocenters. The van der Waals surface area contributed by atoms with Crippen LogP contribution in [0.5, 0.6) is 0 Å². The molecule has 0 saturated heterocycles. The number of benzene rings is 1. The molecule has 22 heavy (non-hydrogen) atoms. The van der Waals surface area contributed by atoms with Crippen molar-refractivity contribution in [1.82, 2.24) is 15.0 Å². The third kappa shape index (κ3) is 2.46. The van der Waals surface area contributed by atoms with E-state index in [1.165, 1.54) is 12.1 Å². The summed E-state index contributed by atoms with van der Waals surface area (Å²) in [5, 5.41) is -0.147. The lowest BCUT2D eigenvalue weighted by atomic mass is 10.1. The summed E-state index contributed by atoms with van der Waals surface area (Å²) in [6.07, 6.45) is 1.13. The monoisotopic (exact) mass is 345 g/mol. The van der Waals surface area contributed by atoms with Gasteiger partial charge in [0.2, 0.25) is 0 Å². The summed E-state index contributed by atoms with van der Waals surface area (Å²) in [7, 11) is 0. The van der Waals surface area contributed by atoms with Crippen molar-refractivity contribution in [3.8, 4) is 11.3 Å². The fourth-order valence-corrected chi connectivity index (χ4v) is 2.50. The molecule has 1 N–H and O–H groups in total. The Morgan fingerprint density at radius 3 is 2.68 bits per heavy atom. The molecule has 0 saturated carbocycles. The average Bonchev–Trinajstić information content (AvgIpc) is 2.80. The van der Waals surface area contributed by atoms with Crippen molar-refractivity contribution >= 4 is 34.3 Å². The van der Waals surface area contributed by atoms with Crippen molar-refractivity contribution in [3.63, 3.8) is 0 Å². The number of H-pyrrole nitrogens is 1. The van der Waals surface area contributed by atoms with Gasteiger partial charge in [-0.1, -0.05) is 23.2 Å². The third-order valence-corrected chi connectivity index (χ3v) is 3.53. The molecule has 0 radical (unpaired) electrons. The Morgan fingerprint density at radius 1 is 1.32 bits per heavy atom. The Kier molecular flexibility index (Phi) is 3.41. The summed E-state index contributed by atoms with van der Waals surface area (Å²) in [4.78, 5) is 21.3. The zero-order chi connectivity index (χ0) is 16.1. The molecule has 0 bridgehead atoms. The molecule has 2 aromatic heterocycles. The topological polar surface area (TPSA) is 71.8 Å². The molecule has 5 nitrogen and oxygen atoms in total. The molecule has 0 unspecified atom stereocenters. The van der Waals surface area contributed by atoms with Gasteiger partial charge in [-0.25, -0.2) is 14.8 Å². The number of nitrogens with one attached hydrogen (secondary N) is 1. The van der Waals surface area contributed by atoms with E-state index in [1.807, 2.05) is 0 Å². The molecule has 3 aromatic rings. The highest BCUT2D eigenvalue weighted by molar-refractivity contribution is 6.35. The molecular weight excluding hydrogens is 339 g/mol. The van der Waals surface area contributed by atoms with Crippen LogP contribution >= 0.6 is 23.2 Å². The fraction of sp³-hybridized carbons (Fsp3) is 0.154. The standard InChI is InChI=1S/C13H7Cl2F2N3O2/c1-13(16,17)10-11(15)19-7(4-18-10)5-2-3-6(14)8-9(5)22-12(21)20-8/h2-4H,1H3,(H,20,21). The number of nitrogens with zero attached hydrogens (tertiary/aromatic N) is 2. The van der Waals surface area contributed by atoms with Crippen molar-refractivity contribution < 1.29 is 13.2 Å². The van der Waals surface area contributed by atoms with Crippen molar-refractivity contribution in [2.75, 3.05) is 0 Å². The minimum Gasteiger partial charge on any atom is -0.407 e. The van der Waals surface area contributed by atoms with Crippen LogP contribution in [0.1, 0.15) is 12.6 Å². The van der Waals surface area contributed by atoms with Crippen LogP contribution in [0.2, 0.25) is 10.2 Å². The number of hydrogen-bond donors (Lipinski definition) is 1. The zero-order valence-electron chi connectivity index (χ0n) is 11.0. The number of fused-ring (bicyclic) bond motifs is 1. The molecule has 0 spiro atoms. The fourth-order valence-electron chi connectivity index (χ4n) is 1.99. The van der Waals surface area contributed by atoms with Gasteiger partial charge in [0, 0.05) is 12.5 Å². The lowest BCUT2D eigenvalue weighted by Gasteiger charge is -2.11. The number of aromatic nitrogens is 3. The first-order chi connectivity index (χ1) is 10.3. The van der Waals surface area contributed by atoms with Gasteiger partial charge in [-0.05, 0) is 12.1 Å². The molecule has 0 aliphatic heterocycles. The van der Waals surface area contributed by atoms with Crippen LogP contribution in [0.3, 0.4) is 0 Å². The first-order valence-corrected chi connectivity index (χ1v) is 6.75. The van der Waals surface area contributed by atoms with E-state index >= 15 is 0 Å². The van der Waals surface area contributed by atoms with Crippen LogP contribution in [-0.2, 0) is 5.92 Å². The van der Waals surface area contributed by atoms with Crippen LogP contribution in [0.25, 0.3) is 22.4 Å². The van der Waals surface area contributed by atoms with Crippen molar-refractivity contribution in [3.05, 3.63) is 44.7 Å². The first kappa shape index (κ1) is 14.9. The highest BCUT2D eigenvalue weighted by atomic mass is 35.5. The molecule has 1 aromatic carbocycles. The summed E-state index contributed by atoms with van der Waals surface area (Å²) in [6.45, 7) is 0.675. The Bertz CT molecular complexity index is 931. The largest absolute Gasteiger partial charge is 0.417 e. The molecule has 0 amide bonds. The average molecular weight is 346 g/mol. The first-order valence-electron chi connectivity index (χ1n) is 6.00. The summed E-state index contributed by atoms with van der Waals surface area (Å²) >= 11 is 11.7. The summed E-state index contributed by atoms with van der Waals surface area (Å²) < 4.78 is 31.6. The minimum atomic E-state index is -3.21. The normalized spacial score (nSPS) is 12.0. The predicted octanol–water partition coefficient (Wildman–Crippen LogP) is 4.00. The van der Waals surface area contributed by atoms with E-state index in [9.17, 15) is 13.6 Å². The second kappa shape index (κ2) is 5.03. The van der Waals surface area contributed by atoms with Crippen molar-refractivity contribution in [1.29, 1.82) is 0 Å². The molecule has 114 valence electrons. The lowest BCUT2D eigenvalue weighted by Crippen LogP contribution is -2.11. The van der Waals surface area contributed by atoms with Crippen LogP contribution < -0.4 is 5.76 Å². The van der Waals surface area contributed by atoms with Gasteiger partial charge in [0.1, 0.15) is 11.2 Å². The highest BCUT2D eigenvalue weighted by Gasteiger charge is 2.30. The van der Waals surface area contributed by atoms with Crippen molar-refractivity contribution in [2.24, 2.45) is 0 Å². The van der Waals surface area contributed by atoms with Crippen LogP contribution in [0.4, 0.5) is 8.78 Å². The molecular formula is C13H7Cl2F2N3O2. The van der Waals surface area contributed by atoms with Gasteiger partial charge in [0.05, 0.1) is 16.9 Å². The van der Waals surface area contributed by atoms with E-state index in [4.69, 9.17) is 27.6 Å². The van der Waals surface area contributed by atoms with Gasteiger partial charge in [-0.15, -0.1) is 0 Å². The van der Waals surface area contributed by atoms with Gasteiger partial charge in [-0.2, -0.15) is 8.78 Å². The summed E-state index contributed by atoms with van der Waals surface area (Å²) in [5.41, 5.74) is 0.352. The zero-order valence-corrected chi connectivity index (χ0v) is 12.5. The number of halogens is 4. The smallest absolute Gasteiger partial charge is 0.407 e. The van der Waals surface area contributed by atoms with Crippen LogP contribution in [-0.4, -0.2) is 15.0 Å². The lowest BCUT2D eigenvalue weighted by molar-refractivity contribution is 0.0125. The molecule has 2 heterocycles. The Morgan fingerprint density at radius 2 is 2.05 bits per heavy atom. The number of oxazole rings is 1. The van der Waals surface area contributed by atoms with E-state index in [2.05, 4.69) is 15.0 Å². The van der Waals surface area contributed by atoms with E-state index in [-0.39, 0.29) is 21.8 Å². The second-order valence-corrected chi connectivity index (χ2v) is 5.36. The number of alkyl halides is 2. The SMILES string of the molecule is CC(F)(F)c1ncc(-c2ccc(Cl)c3[nH]c(=O)oc23)nc1Cl. The maximum Gasteiger partial charge on any atom is 0.417 e. The van der Waals surface area contributed by atoms with Crippen LogP contribution in [0.15, 0.2) is 27.5 Å². The van der Waals surface area contributed by atoms with Gasteiger partial charge in [0.15, 0.2) is 10.7 Å². The number of hydrogen-bond acceptors (Lipinski definition) is 4. The highest BCUT2D eigenvalue weighted by Crippen LogP contribution is 2.34.